The molecule has 0 bridgehead atoms. The van der Waals surface area contributed by atoms with E-state index in [4.69, 9.17) is 0 Å². The van der Waals surface area contributed by atoms with Gasteiger partial charge in [-0.3, -0.25) is 4.79 Å². The van der Waals surface area contributed by atoms with Gasteiger partial charge in [-0.05, 0) is 40.9 Å². The molecule has 1 saturated heterocycles. The minimum absolute atomic E-state index is 0.0432. The zero-order valence-electron chi connectivity index (χ0n) is 13.3. The monoisotopic (exact) mass is 405 g/mol. The topological polar surface area (TPSA) is 71.5 Å². The maximum absolute atomic E-state index is 13.8. The Labute approximate surface area is 146 Å². The molecule has 0 aliphatic carbocycles. The van der Waals surface area contributed by atoms with Gasteiger partial charge in [-0.1, -0.05) is 6.07 Å². The summed E-state index contributed by atoms with van der Waals surface area (Å²) in [5, 5.41) is 2.46. The molecule has 1 aliphatic rings. The van der Waals surface area contributed by atoms with E-state index in [0.717, 1.165) is 4.90 Å². The average Bonchev–Trinajstić information content (AvgIpc) is 2.54. The summed E-state index contributed by atoms with van der Waals surface area (Å²) in [5.74, 6) is -3.54. The smallest absolute Gasteiger partial charge is 0.406 e. The van der Waals surface area contributed by atoms with Crippen LogP contribution in [0.5, 0.6) is 0 Å². The first-order valence-electron chi connectivity index (χ1n) is 7.37. The summed E-state index contributed by atoms with van der Waals surface area (Å²) in [5.41, 5.74) is 0.710. The predicted octanol–water partition coefficient (Wildman–Crippen LogP) is 2.75. The average molecular weight is 406 g/mol. The second kappa shape index (κ2) is 7.42. The molecule has 2 heterocycles. The number of aryl methyl sites for hydroxylation is 1. The molecule has 0 saturated carbocycles. The molecule has 1 N–H and O–H groups in total. The first-order chi connectivity index (χ1) is 11.2. The van der Waals surface area contributed by atoms with Gasteiger partial charge in [0, 0.05) is 13.0 Å². The lowest BCUT2D eigenvalue weighted by atomic mass is 9.98. The number of nitrogens with zero attached hydrogens (tertiary/aromatic N) is 2. The number of alkyl carbamates (subject to hydrolysis) is 1. The van der Waals surface area contributed by atoms with Crippen LogP contribution in [0.3, 0.4) is 0 Å². The Kier molecular flexibility index (Phi) is 5.74. The van der Waals surface area contributed by atoms with Crippen LogP contribution in [0.1, 0.15) is 28.9 Å². The van der Waals surface area contributed by atoms with Crippen LogP contribution in [-0.2, 0) is 4.74 Å². The lowest BCUT2D eigenvalue weighted by Crippen LogP contribution is -2.55. The van der Waals surface area contributed by atoms with E-state index >= 15 is 0 Å². The number of nitrogens with one attached hydrogen (secondary N) is 1. The van der Waals surface area contributed by atoms with E-state index in [1.165, 1.54) is 7.11 Å². The number of aromatic nitrogens is 1. The number of halogens is 3. The van der Waals surface area contributed by atoms with Gasteiger partial charge >= 0.3 is 6.09 Å². The van der Waals surface area contributed by atoms with Crippen molar-refractivity contribution in [1.82, 2.24) is 15.2 Å². The van der Waals surface area contributed by atoms with E-state index in [9.17, 15) is 18.4 Å². The number of rotatable bonds is 3. The minimum atomic E-state index is -2.96. The SMILES string of the molecule is COC(=O)NC[C@H]1CCC(F)(F)CN1C(=O)c1nc(Br)ccc1C. The predicted molar refractivity (Wildman–Crippen MR) is 86.1 cm³/mol. The standard InChI is InChI=1S/C15H18BrF2N3O3/c1-9-3-4-11(16)20-12(9)13(22)21-8-15(17,18)6-5-10(21)7-19-14(23)24-2/h3-4,10H,5-8H2,1-2H3,(H,19,23)/t10-/m1/s1. The van der Waals surface area contributed by atoms with Crippen LogP contribution in [0.25, 0.3) is 0 Å². The minimum Gasteiger partial charge on any atom is -0.453 e. The zero-order chi connectivity index (χ0) is 17.9. The molecule has 2 rings (SSSR count). The van der Waals surface area contributed by atoms with Crippen LogP contribution in [0.15, 0.2) is 16.7 Å². The number of hydrogen-bond donors (Lipinski definition) is 1. The van der Waals surface area contributed by atoms with Gasteiger partial charge in [0.05, 0.1) is 19.7 Å². The molecule has 1 aliphatic heterocycles. The van der Waals surface area contributed by atoms with Gasteiger partial charge in [-0.15, -0.1) is 0 Å². The highest BCUT2D eigenvalue weighted by Gasteiger charge is 2.42. The quantitative estimate of drug-likeness (QED) is 0.784. The summed E-state index contributed by atoms with van der Waals surface area (Å²) in [7, 11) is 1.21. The van der Waals surface area contributed by atoms with Crippen molar-refractivity contribution in [3.8, 4) is 0 Å². The number of alkyl halides is 2. The Morgan fingerprint density at radius 1 is 1.50 bits per heavy atom. The van der Waals surface area contributed by atoms with Gasteiger partial charge < -0.3 is 15.0 Å². The van der Waals surface area contributed by atoms with Crippen LogP contribution in [0.4, 0.5) is 13.6 Å². The third-order valence-corrected chi connectivity index (χ3v) is 4.32. The van der Waals surface area contributed by atoms with Crippen molar-refractivity contribution in [2.75, 3.05) is 20.2 Å². The number of pyridine rings is 1. The second-order valence-corrected chi connectivity index (χ2v) is 6.47. The number of likely N-dealkylation sites (tertiary alicyclic amines) is 1. The summed E-state index contributed by atoms with van der Waals surface area (Å²) in [6.07, 6.45) is -0.929. The van der Waals surface area contributed by atoms with Gasteiger partial charge in [0.25, 0.3) is 11.8 Å². The Morgan fingerprint density at radius 3 is 2.88 bits per heavy atom. The van der Waals surface area contributed by atoms with Crippen molar-refractivity contribution in [1.29, 1.82) is 0 Å². The molecule has 1 fully saturated rings. The fraction of sp³-hybridized carbons (Fsp3) is 0.533. The highest BCUT2D eigenvalue weighted by molar-refractivity contribution is 9.10. The molecule has 0 spiro atoms. The van der Waals surface area contributed by atoms with Gasteiger partial charge in [0.1, 0.15) is 10.3 Å². The molecule has 9 heteroatoms. The van der Waals surface area contributed by atoms with Crippen LogP contribution in [-0.4, -0.2) is 54.0 Å². The van der Waals surface area contributed by atoms with E-state index in [1.807, 2.05) is 0 Å². The van der Waals surface area contributed by atoms with E-state index in [-0.39, 0.29) is 25.1 Å². The highest BCUT2D eigenvalue weighted by atomic mass is 79.9. The Morgan fingerprint density at radius 2 is 2.21 bits per heavy atom. The molecule has 6 nitrogen and oxygen atoms in total. The number of piperidine rings is 1. The molecule has 1 atom stereocenters. The summed E-state index contributed by atoms with van der Waals surface area (Å²) < 4.78 is 32.6. The normalized spacial score (nSPS) is 19.7. The lowest BCUT2D eigenvalue weighted by Gasteiger charge is -2.39. The van der Waals surface area contributed by atoms with Crippen LogP contribution < -0.4 is 5.32 Å². The maximum atomic E-state index is 13.8. The summed E-state index contributed by atoms with van der Waals surface area (Å²) >= 11 is 3.18. The Hall–Kier alpha value is -1.77. The van der Waals surface area contributed by atoms with Crippen LogP contribution in [0.2, 0.25) is 0 Å². The summed E-state index contributed by atoms with van der Waals surface area (Å²) in [4.78, 5) is 29.2. The number of methoxy groups -OCH3 is 1. The van der Waals surface area contributed by atoms with E-state index in [0.29, 0.717) is 10.2 Å². The van der Waals surface area contributed by atoms with Crippen LogP contribution in [0, 0.1) is 6.92 Å². The number of ether oxygens (including phenoxy) is 1. The molecule has 0 aromatic carbocycles. The van der Waals surface area contributed by atoms with Gasteiger partial charge in [0.15, 0.2) is 0 Å². The number of hydrogen-bond acceptors (Lipinski definition) is 4. The fourth-order valence-electron chi connectivity index (χ4n) is 2.57. The molecular formula is C15H18BrF2N3O3. The van der Waals surface area contributed by atoms with E-state index in [2.05, 4.69) is 31.0 Å². The number of carbonyl (C=O) groups excluding carboxylic acids is 2. The van der Waals surface area contributed by atoms with Crippen molar-refractivity contribution in [2.45, 2.75) is 31.7 Å². The molecule has 132 valence electrons. The van der Waals surface area contributed by atoms with Gasteiger partial charge in [-0.25, -0.2) is 18.6 Å². The molecule has 0 radical (unpaired) electrons. The molecule has 0 unspecified atom stereocenters. The largest absolute Gasteiger partial charge is 0.453 e. The van der Waals surface area contributed by atoms with E-state index in [1.54, 1.807) is 19.1 Å². The molecule has 24 heavy (non-hydrogen) atoms. The third-order valence-electron chi connectivity index (χ3n) is 3.88. The van der Waals surface area contributed by atoms with Crippen molar-refractivity contribution >= 4 is 27.9 Å². The molecular weight excluding hydrogens is 388 g/mol. The maximum Gasteiger partial charge on any atom is 0.406 e. The summed E-state index contributed by atoms with van der Waals surface area (Å²) in [6, 6.07) is 2.82. The first kappa shape index (κ1) is 18.6. The van der Waals surface area contributed by atoms with Crippen molar-refractivity contribution < 1.29 is 23.1 Å². The van der Waals surface area contributed by atoms with E-state index < -0.39 is 30.5 Å². The molecule has 1 aromatic rings. The number of amides is 2. The molecule has 1 aromatic heterocycles. The Balaban J connectivity index is 2.24. The fourth-order valence-corrected chi connectivity index (χ4v) is 2.88. The summed E-state index contributed by atoms with van der Waals surface area (Å²) in [6.45, 7) is 1.03. The Bertz CT molecular complexity index is 642. The zero-order valence-corrected chi connectivity index (χ0v) is 14.9. The van der Waals surface area contributed by atoms with Crippen molar-refractivity contribution in [3.05, 3.63) is 28.0 Å². The van der Waals surface area contributed by atoms with Crippen molar-refractivity contribution in [2.24, 2.45) is 0 Å². The third kappa shape index (κ3) is 4.40. The number of carbonyl (C=O) groups is 2. The van der Waals surface area contributed by atoms with Crippen molar-refractivity contribution in [3.63, 3.8) is 0 Å². The van der Waals surface area contributed by atoms with Gasteiger partial charge in [0.2, 0.25) is 0 Å². The second-order valence-electron chi connectivity index (χ2n) is 5.65. The lowest BCUT2D eigenvalue weighted by molar-refractivity contribution is -0.0716. The van der Waals surface area contributed by atoms with Gasteiger partial charge in [-0.2, -0.15) is 0 Å². The molecule has 2 amide bonds. The van der Waals surface area contributed by atoms with Crippen LogP contribution >= 0.6 is 15.9 Å². The highest BCUT2D eigenvalue weighted by Crippen LogP contribution is 2.31. The first-order valence-corrected chi connectivity index (χ1v) is 8.16.